The number of rotatable bonds is 10. The summed E-state index contributed by atoms with van der Waals surface area (Å²) in [7, 11) is 3.52. The van der Waals surface area contributed by atoms with E-state index in [1.165, 1.54) is 18.2 Å². The van der Waals surface area contributed by atoms with E-state index in [1.54, 1.807) is 0 Å². The minimum absolute atomic E-state index is 0.323. The fraction of sp³-hybridized carbons (Fsp3) is 0.258. The third kappa shape index (κ3) is 5.86. The average molecular weight is 482 g/mol. The van der Waals surface area contributed by atoms with E-state index >= 15 is 0 Å². The molecular weight excluding hydrogens is 446 g/mol. The quantitative estimate of drug-likeness (QED) is 0.258. The van der Waals surface area contributed by atoms with Crippen LogP contribution < -0.4 is 5.32 Å². The van der Waals surface area contributed by atoms with Crippen molar-refractivity contribution >= 4 is 22.6 Å². The van der Waals surface area contributed by atoms with E-state index in [0.29, 0.717) is 11.5 Å². The van der Waals surface area contributed by atoms with E-state index in [1.807, 2.05) is 36.4 Å². The Labute approximate surface area is 214 Å². The van der Waals surface area contributed by atoms with Crippen LogP contribution in [-0.4, -0.2) is 42.7 Å². The fourth-order valence-corrected chi connectivity index (χ4v) is 4.46. The number of likely N-dealkylation sites (N-methyl/N-ethyl adjacent to an activating group) is 1. The molecule has 0 saturated carbocycles. The minimum Gasteiger partial charge on any atom is -0.465 e. The van der Waals surface area contributed by atoms with Crippen molar-refractivity contribution < 1.29 is 9.53 Å². The lowest BCUT2D eigenvalue weighted by molar-refractivity contribution is 0.0601. The molecule has 0 unspecified atom stereocenters. The molecule has 3 aromatic carbocycles. The van der Waals surface area contributed by atoms with Crippen LogP contribution in [0, 0.1) is 0 Å². The van der Waals surface area contributed by atoms with Crippen LogP contribution in [0.4, 0.5) is 5.69 Å². The third-order valence-electron chi connectivity index (χ3n) is 6.46. The molecule has 0 atom stereocenters. The van der Waals surface area contributed by atoms with Gasteiger partial charge in [-0.25, -0.2) is 4.79 Å². The van der Waals surface area contributed by atoms with Gasteiger partial charge in [0, 0.05) is 41.7 Å². The molecule has 0 spiro atoms. The summed E-state index contributed by atoms with van der Waals surface area (Å²) in [5.41, 5.74) is 7.25. The number of anilines is 1. The fourth-order valence-electron chi connectivity index (χ4n) is 4.46. The second kappa shape index (κ2) is 11.3. The summed E-state index contributed by atoms with van der Waals surface area (Å²) in [5, 5.41) is 4.49. The van der Waals surface area contributed by atoms with Crippen molar-refractivity contribution in [3.63, 3.8) is 0 Å². The largest absolute Gasteiger partial charge is 0.465 e. The number of methoxy groups -OCH3 is 1. The molecule has 0 amide bonds. The molecule has 1 heterocycles. The molecule has 0 aliphatic rings. The number of hydrogen-bond donors (Lipinski definition) is 1. The molecule has 0 aliphatic carbocycles. The van der Waals surface area contributed by atoms with E-state index < -0.39 is 0 Å². The monoisotopic (exact) mass is 481 g/mol. The van der Waals surface area contributed by atoms with Gasteiger partial charge in [-0.2, -0.15) is 0 Å². The van der Waals surface area contributed by atoms with Gasteiger partial charge in [-0.3, -0.25) is 0 Å². The Kier molecular flexibility index (Phi) is 7.91. The molecule has 4 aromatic rings. The predicted molar refractivity (Wildman–Crippen MR) is 149 cm³/mol. The lowest BCUT2D eigenvalue weighted by Gasteiger charge is -2.19. The van der Waals surface area contributed by atoms with Crippen molar-refractivity contribution in [3.05, 3.63) is 108 Å². The van der Waals surface area contributed by atoms with E-state index in [-0.39, 0.29) is 5.97 Å². The molecule has 5 nitrogen and oxygen atoms in total. The summed E-state index contributed by atoms with van der Waals surface area (Å²) < 4.78 is 7.14. The molecule has 0 radical (unpaired) electrons. The number of nitrogens with zero attached hydrogens (tertiary/aromatic N) is 2. The Morgan fingerprint density at radius 2 is 1.78 bits per heavy atom. The van der Waals surface area contributed by atoms with Crippen molar-refractivity contribution in [1.82, 2.24) is 9.47 Å². The van der Waals surface area contributed by atoms with Crippen LogP contribution in [0.3, 0.4) is 0 Å². The van der Waals surface area contributed by atoms with Gasteiger partial charge in [-0.15, -0.1) is 0 Å². The van der Waals surface area contributed by atoms with Crippen molar-refractivity contribution in [2.45, 2.75) is 26.2 Å². The Hall–Kier alpha value is -3.83. The normalized spacial score (nSPS) is 11.3. The average Bonchev–Trinajstić information content (AvgIpc) is 3.25. The number of hydrogen-bond acceptors (Lipinski definition) is 4. The van der Waals surface area contributed by atoms with E-state index in [0.717, 1.165) is 47.5 Å². The molecule has 36 heavy (non-hydrogen) atoms. The van der Waals surface area contributed by atoms with E-state index in [9.17, 15) is 4.79 Å². The molecule has 0 bridgehead atoms. The summed E-state index contributed by atoms with van der Waals surface area (Å²) in [6.45, 7) is 10.2. The number of nitrogens with one attached hydrogen (secondary N) is 1. The molecule has 0 aliphatic heterocycles. The van der Waals surface area contributed by atoms with Crippen LogP contribution in [0.15, 0.2) is 91.3 Å². The number of esters is 1. The van der Waals surface area contributed by atoms with Crippen molar-refractivity contribution in [1.29, 1.82) is 0 Å². The van der Waals surface area contributed by atoms with Gasteiger partial charge in [0.1, 0.15) is 0 Å². The predicted octanol–water partition coefficient (Wildman–Crippen LogP) is 6.64. The maximum atomic E-state index is 12.2. The first-order valence-electron chi connectivity index (χ1n) is 12.4. The number of fused-ring (bicyclic) bond motifs is 1. The lowest BCUT2D eigenvalue weighted by atomic mass is 10.0. The van der Waals surface area contributed by atoms with Crippen LogP contribution >= 0.6 is 0 Å². The van der Waals surface area contributed by atoms with Gasteiger partial charge in [-0.05, 0) is 73.0 Å². The third-order valence-corrected chi connectivity index (χ3v) is 6.46. The van der Waals surface area contributed by atoms with Crippen LogP contribution in [0.25, 0.3) is 16.6 Å². The highest BCUT2D eigenvalue weighted by Crippen LogP contribution is 2.27. The van der Waals surface area contributed by atoms with Gasteiger partial charge in [0.2, 0.25) is 0 Å². The van der Waals surface area contributed by atoms with E-state index in [4.69, 9.17) is 4.74 Å². The number of para-hydroxylation sites is 1. The summed E-state index contributed by atoms with van der Waals surface area (Å²) in [6, 6.07) is 24.6. The van der Waals surface area contributed by atoms with Gasteiger partial charge >= 0.3 is 5.97 Å². The molecule has 1 aromatic heterocycles. The Morgan fingerprint density at radius 1 is 1.06 bits per heavy atom. The van der Waals surface area contributed by atoms with E-state index in [2.05, 4.69) is 84.9 Å². The summed E-state index contributed by atoms with van der Waals surface area (Å²) in [4.78, 5) is 14.4. The number of aromatic nitrogens is 1. The number of benzene rings is 3. The van der Waals surface area contributed by atoms with Crippen molar-refractivity contribution in [3.8, 4) is 5.69 Å². The highest BCUT2D eigenvalue weighted by atomic mass is 16.5. The molecule has 0 saturated heterocycles. The number of carbonyl (C=O) groups is 1. The van der Waals surface area contributed by atoms with Crippen LogP contribution in [0.5, 0.6) is 0 Å². The second-order valence-electron chi connectivity index (χ2n) is 9.58. The van der Waals surface area contributed by atoms with Gasteiger partial charge in [0.05, 0.1) is 18.2 Å². The minimum atomic E-state index is -0.323. The van der Waals surface area contributed by atoms with Gasteiger partial charge < -0.3 is 19.5 Å². The molecule has 186 valence electrons. The summed E-state index contributed by atoms with van der Waals surface area (Å²) in [6.07, 6.45) is 3.02. The Bertz CT molecular complexity index is 1340. The first-order chi connectivity index (χ1) is 17.4. The summed E-state index contributed by atoms with van der Waals surface area (Å²) >= 11 is 0. The van der Waals surface area contributed by atoms with Crippen LogP contribution in [-0.2, 0) is 11.2 Å². The Balaban J connectivity index is 1.47. The van der Waals surface area contributed by atoms with Crippen LogP contribution in [0.1, 0.15) is 41.3 Å². The topological polar surface area (TPSA) is 46.5 Å². The number of carbonyl (C=O) groups excluding carboxylic acids is 1. The molecular formula is C31H35N3O2. The zero-order valence-corrected chi connectivity index (χ0v) is 21.6. The van der Waals surface area contributed by atoms with Gasteiger partial charge in [-0.1, -0.05) is 50.8 Å². The molecule has 5 heteroatoms. The van der Waals surface area contributed by atoms with Crippen molar-refractivity contribution in [2.24, 2.45) is 0 Å². The summed E-state index contributed by atoms with van der Waals surface area (Å²) in [5.74, 6) is 0.196. The SMILES string of the molecule is C=C(CN(C)CCc1cn(-c2ccccc2)c2ccc(C(=O)OC)cc12)Nc1ccc(C(C)C)cc1. The lowest BCUT2D eigenvalue weighted by Crippen LogP contribution is -2.25. The first-order valence-corrected chi connectivity index (χ1v) is 12.4. The second-order valence-corrected chi connectivity index (χ2v) is 9.58. The maximum Gasteiger partial charge on any atom is 0.337 e. The smallest absolute Gasteiger partial charge is 0.337 e. The highest BCUT2D eigenvalue weighted by Gasteiger charge is 2.14. The van der Waals surface area contributed by atoms with Gasteiger partial charge in [0.15, 0.2) is 0 Å². The van der Waals surface area contributed by atoms with Gasteiger partial charge in [0.25, 0.3) is 0 Å². The zero-order chi connectivity index (χ0) is 25.7. The standard InChI is InChI=1S/C31H35N3O2/c1-22(2)24-11-14-27(15-12-24)32-23(3)20-33(4)18-17-26-21-34(28-9-7-6-8-10-28)30-16-13-25(19-29(26)30)31(35)36-5/h6-16,19,21-22,32H,3,17-18,20H2,1-2,4-5H3. The number of ether oxygens (including phenoxy) is 1. The maximum absolute atomic E-state index is 12.2. The zero-order valence-electron chi connectivity index (χ0n) is 21.6. The van der Waals surface area contributed by atoms with Crippen LogP contribution in [0.2, 0.25) is 0 Å². The molecule has 4 rings (SSSR count). The molecule has 0 fully saturated rings. The Morgan fingerprint density at radius 3 is 2.44 bits per heavy atom. The molecule has 1 N–H and O–H groups in total. The highest BCUT2D eigenvalue weighted by molar-refractivity contribution is 5.96. The first kappa shape index (κ1) is 25.3. The van der Waals surface area contributed by atoms with Crippen molar-refractivity contribution in [2.75, 3.05) is 32.6 Å².